The van der Waals surface area contributed by atoms with E-state index in [1.807, 2.05) is 29.6 Å². The molecule has 20 heavy (non-hydrogen) atoms. The molecular formula is C14H12BrNO3S. The largest absolute Gasteiger partial charge is 0.346 e. The van der Waals surface area contributed by atoms with Gasteiger partial charge in [0, 0.05) is 16.6 Å². The van der Waals surface area contributed by atoms with Crippen molar-refractivity contribution >= 4 is 38.9 Å². The predicted octanol–water partition coefficient (Wildman–Crippen LogP) is 3.81. The zero-order valence-corrected chi connectivity index (χ0v) is 12.9. The number of thiophene rings is 1. The molecular weight excluding hydrogens is 342 g/mol. The predicted molar refractivity (Wildman–Crippen MR) is 81.1 cm³/mol. The maximum Gasteiger partial charge on any atom is 0.256 e. The van der Waals surface area contributed by atoms with Gasteiger partial charge in [-0.25, -0.2) is 0 Å². The minimum Gasteiger partial charge on any atom is -0.346 e. The van der Waals surface area contributed by atoms with E-state index in [9.17, 15) is 4.79 Å². The van der Waals surface area contributed by atoms with Crippen LogP contribution in [0.25, 0.3) is 0 Å². The molecule has 1 aliphatic rings. The molecule has 104 valence electrons. The molecule has 1 saturated heterocycles. The van der Waals surface area contributed by atoms with Crippen molar-refractivity contribution in [2.24, 2.45) is 0 Å². The SMILES string of the molecule is O=C(Nc1ccc(C2OCCO2)cc1)c1csc(Br)c1. The fraction of sp³-hybridized carbons (Fsp3) is 0.214. The van der Waals surface area contributed by atoms with Crippen molar-refractivity contribution in [2.45, 2.75) is 6.29 Å². The maximum atomic E-state index is 12.0. The molecule has 0 atom stereocenters. The van der Waals surface area contributed by atoms with Gasteiger partial charge < -0.3 is 14.8 Å². The summed E-state index contributed by atoms with van der Waals surface area (Å²) in [6.45, 7) is 1.24. The highest BCUT2D eigenvalue weighted by Gasteiger charge is 2.18. The minimum absolute atomic E-state index is 0.118. The van der Waals surface area contributed by atoms with E-state index in [0.29, 0.717) is 18.8 Å². The summed E-state index contributed by atoms with van der Waals surface area (Å²) in [5.74, 6) is -0.118. The number of amides is 1. The summed E-state index contributed by atoms with van der Waals surface area (Å²) < 4.78 is 11.8. The fourth-order valence-electron chi connectivity index (χ4n) is 1.91. The van der Waals surface area contributed by atoms with Gasteiger partial charge in [-0.05, 0) is 34.1 Å². The number of anilines is 1. The Morgan fingerprint density at radius 2 is 1.95 bits per heavy atom. The van der Waals surface area contributed by atoms with Gasteiger partial charge in [0.05, 0.1) is 22.6 Å². The molecule has 1 amide bonds. The molecule has 0 aliphatic carbocycles. The highest BCUT2D eigenvalue weighted by Crippen LogP contribution is 2.25. The quantitative estimate of drug-likeness (QED) is 0.912. The van der Waals surface area contributed by atoms with Crippen LogP contribution in [0.2, 0.25) is 0 Å². The fourth-order valence-corrected chi connectivity index (χ4v) is 3.04. The first-order valence-corrected chi connectivity index (χ1v) is 7.78. The molecule has 0 bridgehead atoms. The average molecular weight is 354 g/mol. The standard InChI is InChI=1S/C14H12BrNO3S/c15-12-7-10(8-20-12)13(17)16-11-3-1-9(2-4-11)14-18-5-6-19-14/h1-4,7-8,14H,5-6H2,(H,16,17). The first-order chi connectivity index (χ1) is 9.72. The average Bonchev–Trinajstić information content (AvgIpc) is 3.10. The van der Waals surface area contributed by atoms with Crippen LogP contribution in [0.1, 0.15) is 22.2 Å². The van der Waals surface area contributed by atoms with Gasteiger partial charge in [-0.2, -0.15) is 0 Å². The third-order valence-corrected chi connectivity index (χ3v) is 4.40. The second-order valence-electron chi connectivity index (χ2n) is 4.29. The maximum absolute atomic E-state index is 12.0. The molecule has 6 heteroatoms. The molecule has 0 saturated carbocycles. The van der Waals surface area contributed by atoms with Crippen molar-refractivity contribution in [2.75, 3.05) is 18.5 Å². The van der Waals surface area contributed by atoms with Crippen LogP contribution in [-0.4, -0.2) is 19.1 Å². The summed E-state index contributed by atoms with van der Waals surface area (Å²) >= 11 is 4.83. The highest BCUT2D eigenvalue weighted by atomic mass is 79.9. The molecule has 4 nitrogen and oxygen atoms in total. The second-order valence-corrected chi connectivity index (χ2v) is 6.58. The van der Waals surface area contributed by atoms with Crippen LogP contribution < -0.4 is 5.32 Å². The summed E-state index contributed by atoms with van der Waals surface area (Å²) in [4.78, 5) is 12.0. The lowest BCUT2D eigenvalue weighted by atomic mass is 10.2. The molecule has 0 spiro atoms. The van der Waals surface area contributed by atoms with Crippen LogP contribution in [0.3, 0.4) is 0 Å². The summed E-state index contributed by atoms with van der Waals surface area (Å²) in [6.07, 6.45) is -0.285. The Bertz CT molecular complexity index is 605. The van der Waals surface area contributed by atoms with Gasteiger partial charge in [-0.1, -0.05) is 12.1 Å². The first-order valence-electron chi connectivity index (χ1n) is 6.11. The molecule has 1 aliphatic heterocycles. The normalized spacial score (nSPS) is 15.4. The summed E-state index contributed by atoms with van der Waals surface area (Å²) in [5, 5.41) is 4.67. The van der Waals surface area contributed by atoms with Gasteiger partial charge in [0.25, 0.3) is 5.91 Å². The van der Waals surface area contributed by atoms with Gasteiger partial charge in [-0.15, -0.1) is 11.3 Å². The van der Waals surface area contributed by atoms with E-state index in [-0.39, 0.29) is 12.2 Å². The Morgan fingerprint density at radius 1 is 1.25 bits per heavy atom. The third-order valence-electron chi connectivity index (χ3n) is 2.89. The van der Waals surface area contributed by atoms with Gasteiger partial charge in [0.2, 0.25) is 0 Å². The molecule has 1 fully saturated rings. The van der Waals surface area contributed by atoms with E-state index >= 15 is 0 Å². The molecule has 2 aromatic rings. The van der Waals surface area contributed by atoms with Gasteiger partial charge >= 0.3 is 0 Å². The third kappa shape index (κ3) is 3.09. The Labute approximate surface area is 128 Å². The number of halogens is 1. The van der Waals surface area contributed by atoms with Crippen molar-refractivity contribution in [3.63, 3.8) is 0 Å². The molecule has 1 aromatic heterocycles. The molecule has 0 unspecified atom stereocenters. The minimum atomic E-state index is -0.285. The van der Waals surface area contributed by atoms with Crippen molar-refractivity contribution < 1.29 is 14.3 Å². The Hall–Kier alpha value is -1.21. The summed E-state index contributed by atoms with van der Waals surface area (Å²) in [5.41, 5.74) is 2.35. The van der Waals surface area contributed by atoms with Crippen molar-refractivity contribution in [1.82, 2.24) is 0 Å². The van der Waals surface area contributed by atoms with Crippen LogP contribution in [0.5, 0.6) is 0 Å². The molecule has 3 rings (SSSR count). The number of hydrogen-bond acceptors (Lipinski definition) is 4. The van der Waals surface area contributed by atoms with E-state index in [1.54, 1.807) is 6.07 Å². The Kier molecular flexibility index (Phi) is 4.16. The van der Waals surface area contributed by atoms with Crippen LogP contribution in [0.15, 0.2) is 39.5 Å². The van der Waals surface area contributed by atoms with Crippen molar-refractivity contribution in [1.29, 1.82) is 0 Å². The lowest BCUT2D eigenvalue weighted by Gasteiger charge is -2.10. The van der Waals surface area contributed by atoms with E-state index in [2.05, 4.69) is 21.2 Å². The van der Waals surface area contributed by atoms with Crippen LogP contribution in [0, 0.1) is 0 Å². The highest BCUT2D eigenvalue weighted by molar-refractivity contribution is 9.11. The number of hydrogen-bond donors (Lipinski definition) is 1. The van der Waals surface area contributed by atoms with E-state index in [4.69, 9.17) is 9.47 Å². The van der Waals surface area contributed by atoms with E-state index < -0.39 is 0 Å². The number of benzene rings is 1. The van der Waals surface area contributed by atoms with Gasteiger partial charge in [-0.3, -0.25) is 4.79 Å². The molecule has 1 aromatic carbocycles. The number of nitrogens with one attached hydrogen (secondary N) is 1. The molecule has 2 heterocycles. The zero-order valence-electron chi connectivity index (χ0n) is 10.5. The first kappa shape index (κ1) is 13.8. The number of ether oxygens (including phenoxy) is 2. The lowest BCUT2D eigenvalue weighted by Crippen LogP contribution is -2.10. The monoisotopic (exact) mass is 353 g/mol. The molecule has 0 radical (unpaired) electrons. The second kappa shape index (κ2) is 6.05. The van der Waals surface area contributed by atoms with Crippen LogP contribution >= 0.6 is 27.3 Å². The topological polar surface area (TPSA) is 47.6 Å². The van der Waals surface area contributed by atoms with Crippen LogP contribution in [-0.2, 0) is 9.47 Å². The number of carbonyl (C=O) groups excluding carboxylic acids is 1. The zero-order chi connectivity index (χ0) is 13.9. The number of carbonyl (C=O) groups is 1. The van der Waals surface area contributed by atoms with E-state index in [1.165, 1.54) is 11.3 Å². The van der Waals surface area contributed by atoms with Gasteiger partial charge in [0.15, 0.2) is 6.29 Å². The lowest BCUT2D eigenvalue weighted by molar-refractivity contribution is -0.0441. The van der Waals surface area contributed by atoms with Crippen molar-refractivity contribution in [3.8, 4) is 0 Å². The summed E-state index contributed by atoms with van der Waals surface area (Å²) in [7, 11) is 0. The smallest absolute Gasteiger partial charge is 0.256 e. The van der Waals surface area contributed by atoms with E-state index in [0.717, 1.165) is 15.0 Å². The molecule has 1 N–H and O–H groups in total. The van der Waals surface area contributed by atoms with Crippen molar-refractivity contribution in [3.05, 3.63) is 50.6 Å². The summed E-state index contributed by atoms with van der Waals surface area (Å²) in [6, 6.07) is 9.29. The Balaban J connectivity index is 1.67. The number of rotatable bonds is 3. The van der Waals surface area contributed by atoms with Crippen LogP contribution in [0.4, 0.5) is 5.69 Å². The Morgan fingerprint density at radius 3 is 2.55 bits per heavy atom. The van der Waals surface area contributed by atoms with Gasteiger partial charge in [0.1, 0.15) is 0 Å².